The Morgan fingerprint density at radius 2 is 2.14 bits per heavy atom. The van der Waals surface area contributed by atoms with Crippen LogP contribution in [0.5, 0.6) is 0 Å². The molecule has 0 spiro atoms. The lowest BCUT2D eigenvalue weighted by Crippen LogP contribution is -2.14. The molecule has 3 N–H and O–H groups in total. The number of furan rings is 1. The Kier molecular flexibility index (Phi) is 4.62. The smallest absolute Gasteiger partial charge is 0.239 e. The number of hydrogen-bond donors (Lipinski definition) is 3. The van der Waals surface area contributed by atoms with E-state index in [4.69, 9.17) is 21.2 Å². The van der Waals surface area contributed by atoms with E-state index in [1.807, 2.05) is 0 Å². The number of benzene rings is 1. The Bertz CT molecular complexity index is 773. The van der Waals surface area contributed by atoms with Crippen LogP contribution in [-0.4, -0.2) is 13.5 Å². The van der Waals surface area contributed by atoms with E-state index in [1.165, 1.54) is 12.3 Å². The van der Waals surface area contributed by atoms with E-state index in [1.54, 1.807) is 12.1 Å². The maximum absolute atomic E-state index is 11.5. The zero-order valence-corrected chi connectivity index (χ0v) is 13.0. The van der Waals surface area contributed by atoms with Gasteiger partial charge in [0.05, 0.1) is 23.4 Å². The first-order valence-corrected chi connectivity index (χ1v) is 8.02. The van der Waals surface area contributed by atoms with Gasteiger partial charge >= 0.3 is 0 Å². The summed E-state index contributed by atoms with van der Waals surface area (Å²) in [7, 11) is -4.03. The molecule has 2 rings (SSSR count). The summed E-state index contributed by atoms with van der Waals surface area (Å²) in [4.78, 5) is 11.2. The van der Waals surface area contributed by atoms with E-state index in [9.17, 15) is 13.2 Å². The average Bonchev–Trinajstić information content (AvgIpc) is 2.87. The van der Waals surface area contributed by atoms with Crippen LogP contribution < -0.4 is 10.5 Å². The van der Waals surface area contributed by atoms with Crippen molar-refractivity contribution in [1.29, 1.82) is 0 Å². The first-order valence-electron chi connectivity index (χ1n) is 5.65. The molecule has 0 radical (unpaired) electrons. The lowest BCUT2D eigenvalue weighted by Gasteiger charge is -2.12. The minimum Gasteiger partial charge on any atom is -0.467 e. The molecular formula is C12H11ClN2O4S2. The number of rotatable bonds is 5. The fourth-order valence-electron chi connectivity index (χ4n) is 1.69. The normalized spacial score (nSPS) is 11.4. The van der Waals surface area contributed by atoms with Gasteiger partial charge in [-0.25, -0.2) is 13.6 Å². The molecule has 0 unspecified atom stereocenters. The fourth-order valence-corrected chi connectivity index (χ4v) is 2.97. The lowest BCUT2D eigenvalue weighted by atomic mass is 10.2. The standard InChI is InChI=1S/C12H11ClN2O4S2/c13-9-5-10(15-6-7-2-1-3-19-7)8(12(16)20)4-11(9)21(14,17)18/h1-5,15H,6H2,(H,16,20)(H2,14,17,18). The van der Waals surface area contributed by atoms with E-state index in [-0.39, 0.29) is 15.5 Å². The molecular weight excluding hydrogens is 336 g/mol. The average molecular weight is 347 g/mol. The molecule has 0 atom stereocenters. The van der Waals surface area contributed by atoms with Crippen molar-refractivity contribution in [2.45, 2.75) is 11.4 Å². The number of carbonyl (C=O) groups excluding carboxylic acids is 1. The highest BCUT2D eigenvalue weighted by Crippen LogP contribution is 2.29. The highest BCUT2D eigenvalue weighted by Gasteiger charge is 2.19. The zero-order chi connectivity index (χ0) is 15.6. The second kappa shape index (κ2) is 6.10. The van der Waals surface area contributed by atoms with E-state index < -0.39 is 15.1 Å². The predicted molar refractivity (Wildman–Crippen MR) is 82.2 cm³/mol. The van der Waals surface area contributed by atoms with Gasteiger partial charge in [0.15, 0.2) is 0 Å². The number of primary sulfonamides is 1. The summed E-state index contributed by atoms with van der Waals surface area (Å²) >= 11 is 9.61. The van der Waals surface area contributed by atoms with Crippen LogP contribution in [-0.2, 0) is 16.6 Å². The third kappa shape index (κ3) is 3.79. The monoisotopic (exact) mass is 346 g/mol. The maximum Gasteiger partial charge on any atom is 0.239 e. The molecule has 0 saturated carbocycles. The second-order valence-electron chi connectivity index (χ2n) is 4.11. The van der Waals surface area contributed by atoms with E-state index in [0.29, 0.717) is 18.0 Å². The van der Waals surface area contributed by atoms with Crippen LogP contribution in [0.15, 0.2) is 39.8 Å². The summed E-state index contributed by atoms with van der Waals surface area (Å²) in [5, 5.41) is 7.28. The molecule has 9 heteroatoms. The van der Waals surface area contributed by atoms with Crippen molar-refractivity contribution >= 4 is 45.1 Å². The first-order chi connectivity index (χ1) is 9.79. The third-order valence-corrected chi connectivity index (χ3v) is 4.26. The molecule has 21 heavy (non-hydrogen) atoms. The van der Waals surface area contributed by atoms with Crippen molar-refractivity contribution in [3.05, 3.63) is 46.9 Å². The van der Waals surface area contributed by atoms with E-state index >= 15 is 0 Å². The Balaban J connectivity index is 2.41. The van der Waals surface area contributed by atoms with Gasteiger partial charge in [0.1, 0.15) is 10.7 Å². The zero-order valence-electron chi connectivity index (χ0n) is 10.5. The summed E-state index contributed by atoms with van der Waals surface area (Å²) < 4.78 is 28.0. The third-order valence-electron chi connectivity index (χ3n) is 2.64. The van der Waals surface area contributed by atoms with Gasteiger partial charge in [-0.05, 0) is 24.3 Å². The Hall–Kier alpha value is -1.48. The minimum absolute atomic E-state index is 0.0540. The van der Waals surface area contributed by atoms with Gasteiger partial charge in [0, 0.05) is 5.69 Å². The van der Waals surface area contributed by atoms with Gasteiger partial charge in [0.25, 0.3) is 0 Å². The van der Waals surface area contributed by atoms with Crippen molar-refractivity contribution in [1.82, 2.24) is 0 Å². The molecule has 0 aliphatic heterocycles. The summed E-state index contributed by atoms with van der Waals surface area (Å²) in [6.07, 6.45) is 1.51. The van der Waals surface area contributed by atoms with E-state index in [0.717, 1.165) is 6.07 Å². The molecule has 0 fully saturated rings. The van der Waals surface area contributed by atoms with Crippen LogP contribution in [0.4, 0.5) is 5.69 Å². The predicted octanol–water partition coefficient (Wildman–Crippen LogP) is 2.26. The number of nitrogens with one attached hydrogen (secondary N) is 1. The van der Waals surface area contributed by atoms with Gasteiger partial charge < -0.3 is 9.73 Å². The molecule has 1 aromatic carbocycles. The molecule has 112 valence electrons. The molecule has 0 aliphatic carbocycles. The molecule has 1 aromatic heterocycles. The molecule has 0 amide bonds. The summed E-state index contributed by atoms with van der Waals surface area (Å²) in [5.41, 5.74) is 0.391. The Labute approximate surface area is 131 Å². The lowest BCUT2D eigenvalue weighted by molar-refractivity contribution is 0.109. The van der Waals surface area contributed by atoms with Crippen molar-refractivity contribution < 1.29 is 17.6 Å². The van der Waals surface area contributed by atoms with Crippen LogP contribution in [0, 0.1) is 0 Å². The summed E-state index contributed by atoms with van der Waals surface area (Å²) in [6.45, 7) is 0.298. The highest BCUT2D eigenvalue weighted by atomic mass is 35.5. The number of anilines is 1. The van der Waals surface area contributed by atoms with E-state index in [2.05, 4.69) is 17.9 Å². The van der Waals surface area contributed by atoms with Crippen LogP contribution in [0.1, 0.15) is 16.1 Å². The topological polar surface area (TPSA) is 102 Å². The number of hydrogen-bond acceptors (Lipinski definition) is 5. The quantitative estimate of drug-likeness (QED) is 0.721. The number of halogens is 1. The van der Waals surface area contributed by atoms with Gasteiger partial charge in [-0.15, -0.1) is 12.6 Å². The van der Waals surface area contributed by atoms with Crippen molar-refractivity contribution in [3.63, 3.8) is 0 Å². The van der Waals surface area contributed by atoms with Crippen LogP contribution in [0.25, 0.3) is 0 Å². The van der Waals surface area contributed by atoms with Crippen molar-refractivity contribution in [2.24, 2.45) is 5.14 Å². The van der Waals surface area contributed by atoms with Gasteiger partial charge in [-0.3, -0.25) is 4.79 Å². The molecule has 0 bridgehead atoms. The Morgan fingerprint density at radius 1 is 1.43 bits per heavy atom. The van der Waals surface area contributed by atoms with Crippen LogP contribution >= 0.6 is 24.2 Å². The molecule has 6 nitrogen and oxygen atoms in total. The number of nitrogens with two attached hydrogens (primary N) is 1. The summed E-state index contributed by atoms with van der Waals surface area (Å²) in [5.74, 6) is 0.638. The second-order valence-corrected chi connectivity index (χ2v) is 6.45. The largest absolute Gasteiger partial charge is 0.467 e. The molecule has 0 aliphatic rings. The summed E-state index contributed by atoms with van der Waals surface area (Å²) in [6, 6.07) is 5.87. The SMILES string of the molecule is NS(=O)(=O)c1cc(C(=O)S)c(NCc2ccco2)cc1Cl. The van der Waals surface area contributed by atoms with Crippen LogP contribution in [0.3, 0.4) is 0 Å². The van der Waals surface area contributed by atoms with Crippen molar-refractivity contribution in [3.8, 4) is 0 Å². The molecule has 0 saturated heterocycles. The van der Waals surface area contributed by atoms with Crippen LogP contribution in [0.2, 0.25) is 5.02 Å². The highest BCUT2D eigenvalue weighted by molar-refractivity contribution is 7.97. The van der Waals surface area contributed by atoms with Crippen molar-refractivity contribution in [2.75, 3.05) is 5.32 Å². The van der Waals surface area contributed by atoms with Gasteiger partial charge in [-0.2, -0.15) is 0 Å². The number of sulfonamides is 1. The minimum atomic E-state index is -4.03. The van der Waals surface area contributed by atoms with Gasteiger partial charge in [0.2, 0.25) is 15.1 Å². The molecule has 2 aromatic rings. The van der Waals surface area contributed by atoms with Gasteiger partial charge in [-0.1, -0.05) is 11.6 Å². The number of carbonyl (C=O) groups is 1. The fraction of sp³-hybridized carbons (Fsp3) is 0.0833. The Morgan fingerprint density at radius 3 is 2.67 bits per heavy atom. The maximum atomic E-state index is 11.5. The molecule has 1 heterocycles. The first kappa shape index (κ1) is 15.9. The number of thiol groups is 1.